The molecule has 0 spiro atoms. The number of hydrogen-bond acceptors (Lipinski definition) is 6. The molecule has 10 heteroatoms. The van der Waals surface area contributed by atoms with Crippen LogP contribution in [0.4, 0.5) is 14.5 Å². The summed E-state index contributed by atoms with van der Waals surface area (Å²) in [6, 6.07) is 3.60. The lowest BCUT2D eigenvalue weighted by Gasteiger charge is -2.03. The van der Waals surface area contributed by atoms with Crippen LogP contribution in [-0.2, 0) is 0 Å². The third-order valence-electron chi connectivity index (χ3n) is 2.98. The molecule has 2 aromatic heterocycles. The van der Waals surface area contributed by atoms with E-state index in [-0.39, 0.29) is 21.1 Å². The Hall–Kier alpha value is -3.14. The van der Waals surface area contributed by atoms with Gasteiger partial charge in [0, 0.05) is 17.1 Å². The molecule has 1 aromatic carbocycles. The summed E-state index contributed by atoms with van der Waals surface area (Å²) in [4.78, 5) is 40.7. The maximum absolute atomic E-state index is 13.2. The molecular formula is C13H7FN4O4S. The molecule has 2 N–H and O–H groups in total. The van der Waals surface area contributed by atoms with Crippen molar-refractivity contribution in [2.24, 2.45) is 0 Å². The minimum absolute atomic E-state index is 0.0135. The number of aromatic amines is 1. The molecule has 1 amide bonds. The first-order chi connectivity index (χ1) is 11.0. The Labute approximate surface area is 130 Å². The van der Waals surface area contributed by atoms with Gasteiger partial charge in [-0.1, -0.05) is 0 Å². The van der Waals surface area contributed by atoms with Gasteiger partial charge in [0.2, 0.25) is 5.43 Å². The molecule has 0 aliphatic heterocycles. The Bertz CT molecular complexity index is 997. The maximum Gasteiger partial charge on any atom is 0.345 e. The van der Waals surface area contributed by atoms with Gasteiger partial charge in [0.25, 0.3) is 5.91 Å². The Kier molecular flexibility index (Phi) is 3.58. The largest absolute Gasteiger partial charge is 0.360 e. The van der Waals surface area contributed by atoms with Crippen LogP contribution in [0.2, 0.25) is 0 Å². The van der Waals surface area contributed by atoms with Gasteiger partial charge in [0.15, 0.2) is 5.13 Å². The van der Waals surface area contributed by atoms with Crippen LogP contribution in [-0.4, -0.2) is 20.8 Å². The van der Waals surface area contributed by atoms with E-state index in [2.05, 4.69) is 15.3 Å². The molecule has 0 radical (unpaired) electrons. The number of carbonyl (C=O) groups excluding carboxylic acids is 1. The molecule has 0 saturated heterocycles. The van der Waals surface area contributed by atoms with E-state index in [4.69, 9.17) is 0 Å². The molecule has 0 atom stereocenters. The molecule has 0 fully saturated rings. The van der Waals surface area contributed by atoms with Gasteiger partial charge in [-0.15, -0.1) is 0 Å². The van der Waals surface area contributed by atoms with E-state index in [9.17, 15) is 24.1 Å². The SMILES string of the molecule is O=C(Nc1ncc([N+](=O)[O-])s1)c1c[nH]c2ccc(F)cc2c1=O. The summed E-state index contributed by atoms with van der Waals surface area (Å²) >= 11 is 0.662. The van der Waals surface area contributed by atoms with Gasteiger partial charge in [-0.05, 0) is 29.5 Å². The van der Waals surface area contributed by atoms with Gasteiger partial charge in [0.1, 0.15) is 17.6 Å². The van der Waals surface area contributed by atoms with E-state index < -0.39 is 22.1 Å². The number of fused-ring (bicyclic) bond motifs is 1. The standard InChI is InChI=1S/C13H7FN4O4S/c14-6-1-2-9-7(3-6)11(19)8(4-15-9)12(20)17-13-16-5-10(23-13)18(21)22/h1-5H,(H,15,19)(H,16,17,20). The zero-order valence-corrected chi connectivity index (χ0v) is 12.0. The minimum Gasteiger partial charge on any atom is -0.360 e. The normalized spacial score (nSPS) is 10.7. The van der Waals surface area contributed by atoms with Crippen molar-refractivity contribution in [3.63, 3.8) is 0 Å². The van der Waals surface area contributed by atoms with Crippen LogP contribution >= 0.6 is 11.3 Å². The molecule has 0 bridgehead atoms. The summed E-state index contributed by atoms with van der Waals surface area (Å²) < 4.78 is 13.2. The maximum atomic E-state index is 13.2. The number of thiazole rings is 1. The van der Waals surface area contributed by atoms with Crippen molar-refractivity contribution >= 4 is 38.3 Å². The van der Waals surface area contributed by atoms with Crippen LogP contribution in [0.3, 0.4) is 0 Å². The highest BCUT2D eigenvalue weighted by Crippen LogP contribution is 2.25. The van der Waals surface area contributed by atoms with E-state index in [0.29, 0.717) is 16.9 Å². The van der Waals surface area contributed by atoms with Crippen LogP contribution in [0.1, 0.15) is 10.4 Å². The number of nitrogens with one attached hydrogen (secondary N) is 2. The first-order valence-corrected chi connectivity index (χ1v) is 7.00. The fourth-order valence-electron chi connectivity index (χ4n) is 1.93. The predicted octanol–water partition coefficient (Wildman–Crippen LogP) is 2.28. The number of aromatic nitrogens is 2. The third-order valence-corrected chi connectivity index (χ3v) is 3.85. The van der Waals surface area contributed by atoms with Crippen molar-refractivity contribution in [1.82, 2.24) is 9.97 Å². The molecule has 23 heavy (non-hydrogen) atoms. The molecule has 3 aromatic rings. The summed E-state index contributed by atoms with van der Waals surface area (Å²) in [6.07, 6.45) is 2.19. The number of hydrogen-bond donors (Lipinski definition) is 2. The number of H-pyrrole nitrogens is 1. The van der Waals surface area contributed by atoms with Crippen molar-refractivity contribution in [1.29, 1.82) is 0 Å². The van der Waals surface area contributed by atoms with Crippen LogP contribution in [0.5, 0.6) is 0 Å². The van der Waals surface area contributed by atoms with Crippen LogP contribution in [0, 0.1) is 15.9 Å². The molecule has 0 unspecified atom stereocenters. The Morgan fingerprint density at radius 1 is 1.43 bits per heavy atom. The summed E-state index contributed by atoms with van der Waals surface area (Å²) in [5, 5.41) is 12.7. The third kappa shape index (κ3) is 2.79. The van der Waals surface area contributed by atoms with Gasteiger partial charge in [-0.3, -0.25) is 25.0 Å². The van der Waals surface area contributed by atoms with Gasteiger partial charge in [-0.2, -0.15) is 0 Å². The zero-order valence-electron chi connectivity index (χ0n) is 11.2. The molecular weight excluding hydrogens is 327 g/mol. The van der Waals surface area contributed by atoms with E-state index in [1.807, 2.05) is 0 Å². The first kappa shape index (κ1) is 14.8. The van der Waals surface area contributed by atoms with Crippen molar-refractivity contribution in [2.45, 2.75) is 0 Å². The second kappa shape index (κ2) is 5.57. The number of carbonyl (C=O) groups is 1. The van der Waals surface area contributed by atoms with Crippen LogP contribution in [0.15, 0.2) is 35.4 Å². The number of nitrogens with zero attached hydrogens (tertiary/aromatic N) is 2. The quantitative estimate of drug-likeness (QED) is 0.563. The van der Waals surface area contributed by atoms with Gasteiger partial charge in [0.05, 0.1) is 4.92 Å². The molecule has 0 aliphatic rings. The fraction of sp³-hybridized carbons (Fsp3) is 0. The van der Waals surface area contributed by atoms with Crippen LogP contribution < -0.4 is 10.7 Å². The van der Waals surface area contributed by atoms with Gasteiger partial charge >= 0.3 is 5.00 Å². The number of rotatable bonds is 3. The smallest absolute Gasteiger partial charge is 0.345 e. The molecule has 116 valence electrons. The molecule has 0 saturated carbocycles. The number of halogens is 1. The average molecular weight is 334 g/mol. The molecule has 0 aliphatic carbocycles. The van der Waals surface area contributed by atoms with Gasteiger partial charge < -0.3 is 4.98 Å². The van der Waals surface area contributed by atoms with Crippen molar-refractivity contribution in [2.75, 3.05) is 5.32 Å². The lowest BCUT2D eigenvalue weighted by molar-refractivity contribution is -0.380. The van der Waals surface area contributed by atoms with Gasteiger partial charge in [-0.25, -0.2) is 9.37 Å². The summed E-state index contributed by atoms with van der Waals surface area (Å²) in [6.45, 7) is 0. The predicted molar refractivity (Wildman–Crippen MR) is 81.2 cm³/mol. The van der Waals surface area contributed by atoms with E-state index in [1.165, 1.54) is 18.3 Å². The summed E-state index contributed by atoms with van der Waals surface area (Å²) in [5.74, 6) is -1.39. The lowest BCUT2D eigenvalue weighted by Crippen LogP contribution is -2.21. The molecule has 8 nitrogen and oxygen atoms in total. The Balaban J connectivity index is 1.95. The van der Waals surface area contributed by atoms with E-state index in [1.54, 1.807) is 0 Å². The number of amides is 1. The first-order valence-electron chi connectivity index (χ1n) is 6.18. The monoisotopic (exact) mass is 334 g/mol. The Morgan fingerprint density at radius 2 is 2.22 bits per heavy atom. The topological polar surface area (TPSA) is 118 Å². The second-order valence-corrected chi connectivity index (χ2v) is 5.45. The number of benzene rings is 1. The van der Waals surface area contributed by atoms with Crippen molar-refractivity contribution in [3.05, 3.63) is 62.3 Å². The Morgan fingerprint density at radius 3 is 2.91 bits per heavy atom. The molecule has 3 rings (SSSR count). The van der Waals surface area contributed by atoms with Crippen molar-refractivity contribution < 1.29 is 14.1 Å². The van der Waals surface area contributed by atoms with E-state index >= 15 is 0 Å². The minimum atomic E-state index is -0.790. The number of nitro groups is 1. The highest BCUT2D eigenvalue weighted by Gasteiger charge is 2.17. The van der Waals surface area contributed by atoms with Crippen molar-refractivity contribution in [3.8, 4) is 0 Å². The number of pyridine rings is 1. The highest BCUT2D eigenvalue weighted by atomic mass is 32.1. The summed E-state index contributed by atoms with van der Waals surface area (Å²) in [7, 11) is 0. The number of anilines is 1. The summed E-state index contributed by atoms with van der Waals surface area (Å²) in [5.41, 5.74) is -0.513. The zero-order chi connectivity index (χ0) is 16.6. The highest BCUT2D eigenvalue weighted by molar-refractivity contribution is 7.18. The average Bonchev–Trinajstić information content (AvgIpc) is 2.97. The molecule has 2 heterocycles. The van der Waals surface area contributed by atoms with E-state index in [0.717, 1.165) is 12.3 Å². The lowest BCUT2D eigenvalue weighted by atomic mass is 10.1. The fourth-order valence-corrected chi connectivity index (χ4v) is 2.56. The van der Waals surface area contributed by atoms with Crippen LogP contribution in [0.25, 0.3) is 10.9 Å². The second-order valence-electron chi connectivity index (χ2n) is 4.44.